The molecule has 0 saturated heterocycles. The molecule has 2 aromatic carbocycles. The van der Waals surface area contributed by atoms with E-state index in [4.69, 9.17) is 20.8 Å². The van der Waals surface area contributed by atoms with Gasteiger partial charge in [-0.15, -0.1) is 0 Å². The van der Waals surface area contributed by atoms with Crippen LogP contribution >= 0.6 is 11.6 Å². The van der Waals surface area contributed by atoms with Gasteiger partial charge in [-0.2, -0.15) is 0 Å². The number of hydrogen-bond acceptors (Lipinski definition) is 3. The predicted octanol–water partition coefficient (Wildman–Crippen LogP) is 5.25. The van der Waals surface area contributed by atoms with Gasteiger partial charge in [0.1, 0.15) is 11.5 Å². The SMILES string of the molecule is CCOc1ccc(NC(=O)c2ccc(-c3cccc(Cl)c3)o2)cc1. The first-order valence-corrected chi connectivity index (χ1v) is 7.93. The molecule has 3 aromatic rings. The number of hydrogen-bond donors (Lipinski definition) is 1. The molecule has 5 heteroatoms. The van der Waals surface area contributed by atoms with Crippen molar-refractivity contribution in [1.82, 2.24) is 0 Å². The fourth-order valence-electron chi connectivity index (χ4n) is 2.25. The maximum Gasteiger partial charge on any atom is 0.291 e. The van der Waals surface area contributed by atoms with Crippen LogP contribution in [0.15, 0.2) is 65.1 Å². The summed E-state index contributed by atoms with van der Waals surface area (Å²) >= 11 is 5.98. The maximum atomic E-state index is 12.3. The maximum absolute atomic E-state index is 12.3. The van der Waals surface area contributed by atoms with E-state index >= 15 is 0 Å². The molecule has 0 aliphatic rings. The minimum atomic E-state index is -0.313. The quantitative estimate of drug-likeness (QED) is 0.689. The molecule has 1 heterocycles. The topological polar surface area (TPSA) is 51.5 Å². The fourth-order valence-corrected chi connectivity index (χ4v) is 2.44. The Morgan fingerprint density at radius 2 is 1.92 bits per heavy atom. The predicted molar refractivity (Wildman–Crippen MR) is 94.7 cm³/mol. The lowest BCUT2D eigenvalue weighted by molar-refractivity contribution is 0.0997. The van der Waals surface area contributed by atoms with Crippen LogP contribution in [0, 0.1) is 0 Å². The number of nitrogens with one attached hydrogen (secondary N) is 1. The molecule has 1 aromatic heterocycles. The number of ether oxygens (including phenoxy) is 1. The Kier molecular flexibility index (Phi) is 4.87. The van der Waals surface area contributed by atoms with Gasteiger partial charge in [-0.25, -0.2) is 0 Å². The lowest BCUT2D eigenvalue weighted by Gasteiger charge is -2.06. The van der Waals surface area contributed by atoms with Crippen LogP contribution in [0.5, 0.6) is 5.75 Å². The van der Waals surface area contributed by atoms with E-state index in [-0.39, 0.29) is 11.7 Å². The van der Waals surface area contributed by atoms with Gasteiger partial charge < -0.3 is 14.5 Å². The molecule has 4 nitrogen and oxygen atoms in total. The number of carbonyl (C=O) groups is 1. The molecule has 0 bridgehead atoms. The smallest absolute Gasteiger partial charge is 0.291 e. The normalized spacial score (nSPS) is 10.4. The van der Waals surface area contributed by atoms with Crippen molar-refractivity contribution < 1.29 is 13.9 Å². The Balaban J connectivity index is 1.71. The summed E-state index contributed by atoms with van der Waals surface area (Å²) in [5.41, 5.74) is 1.49. The summed E-state index contributed by atoms with van der Waals surface area (Å²) in [4.78, 5) is 12.3. The summed E-state index contributed by atoms with van der Waals surface area (Å²) in [5, 5.41) is 3.40. The molecular formula is C19H16ClNO3. The van der Waals surface area contributed by atoms with E-state index in [9.17, 15) is 4.79 Å². The molecule has 0 fully saturated rings. The third-order valence-corrected chi connectivity index (χ3v) is 3.60. The molecular weight excluding hydrogens is 326 g/mol. The van der Waals surface area contributed by atoms with Crippen molar-refractivity contribution >= 4 is 23.2 Å². The molecule has 0 aliphatic carbocycles. The van der Waals surface area contributed by atoms with Crippen LogP contribution in [-0.2, 0) is 0 Å². The molecule has 0 spiro atoms. The lowest BCUT2D eigenvalue weighted by atomic mass is 10.2. The van der Waals surface area contributed by atoms with Gasteiger partial charge in [0.2, 0.25) is 0 Å². The van der Waals surface area contributed by atoms with E-state index in [1.807, 2.05) is 19.1 Å². The van der Waals surface area contributed by atoms with Crippen molar-refractivity contribution in [2.75, 3.05) is 11.9 Å². The zero-order valence-corrected chi connectivity index (χ0v) is 13.8. The van der Waals surface area contributed by atoms with Crippen molar-refractivity contribution in [3.63, 3.8) is 0 Å². The number of amides is 1. The van der Waals surface area contributed by atoms with Gasteiger partial charge in [0.05, 0.1) is 6.61 Å². The van der Waals surface area contributed by atoms with Gasteiger partial charge in [-0.3, -0.25) is 4.79 Å². The first-order valence-electron chi connectivity index (χ1n) is 7.55. The second-order valence-electron chi connectivity index (χ2n) is 5.09. The number of furan rings is 1. The summed E-state index contributed by atoms with van der Waals surface area (Å²) in [6, 6.07) is 17.8. The van der Waals surface area contributed by atoms with Crippen LogP contribution < -0.4 is 10.1 Å². The molecule has 3 rings (SSSR count). The molecule has 24 heavy (non-hydrogen) atoms. The van der Waals surface area contributed by atoms with Crippen LogP contribution in [-0.4, -0.2) is 12.5 Å². The zero-order chi connectivity index (χ0) is 16.9. The second kappa shape index (κ2) is 7.23. The van der Waals surface area contributed by atoms with Gasteiger partial charge in [0.25, 0.3) is 5.91 Å². The summed E-state index contributed by atoms with van der Waals surface area (Å²) in [6.07, 6.45) is 0. The number of carbonyl (C=O) groups excluding carboxylic acids is 1. The second-order valence-corrected chi connectivity index (χ2v) is 5.52. The molecule has 0 unspecified atom stereocenters. The van der Waals surface area contributed by atoms with E-state index in [0.29, 0.717) is 23.1 Å². The average molecular weight is 342 g/mol. The Morgan fingerprint density at radius 1 is 1.12 bits per heavy atom. The molecule has 0 aliphatic heterocycles. The van der Waals surface area contributed by atoms with Crippen molar-refractivity contribution in [2.24, 2.45) is 0 Å². The molecule has 1 amide bonds. The Bertz CT molecular complexity index is 840. The molecule has 1 N–H and O–H groups in total. The first-order chi connectivity index (χ1) is 11.7. The van der Waals surface area contributed by atoms with Crippen LogP contribution in [0.3, 0.4) is 0 Å². The van der Waals surface area contributed by atoms with E-state index in [1.165, 1.54) is 0 Å². The van der Waals surface area contributed by atoms with Gasteiger partial charge in [-0.05, 0) is 55.5 Å². The van der Waals surface area contributed by atoms with Crippen LogP contribution in [0.25, 0.3) is 11.3 Å². The molecule has 0 radical (unpaired) electrons. The highest BCUT2D eigenvalue weighted by Gasteiger charge is 2.12. The van der Waals surface area contributed by atoms with Crippen molar-refractivity contribution in [1.29, 1.82) is 0 Å². The Hall–Kier alpha value is -2.72. The van der Waals surface area contributed by atoms with Gasteiger partial charge >= 0.3 is 0 Å². The van der Waals surface area contributed by atoms with E-state index in [1.54, 1.807) is 48.5 Å². The lowest BCUT2D eigenvalue weighted by Crippen LogP contribution is -2.10. The summed E-state index contributed by atoms with van der Waals surface area (Å²) in [6.45, 7) is 2.52. The Labute approximate surface area is 145 Å². The van der Waals surface area contributed by atoms with Crippen molar-refractivity contribution in [3.05, 3.63) is 71.4 Å². The van der Waals surface area contributed by atoms with Crippen LogP contribution in [0.4, 0.5) is 5.69 Å². The number of anilines is 1. The number of benzene rings is 2. The first kappa shape index (κ1) is 16.1. The van der Waals surface area contributed by atoms with Crippen molar-refractivity contribution in [2.45, 2.75) is 6.92 Å². The van der Waals surface area contributed by atoms with Crippen LogP contribution in [0.1, 0.15) is 17.5 Å². The van der Waals surface area contributed by atoms with E-state index in [2.05, 4.69) is 5.32 Å². The third kappa shape index (κ3) is 3.78. The highest BCUT2D eigenvalue weighted by atomic mass is 35.5. The fraction of sp³-hybridized carbons (Fsp3) is 0.105. The average Bonchev–Trinajstić information content (AvgIpc) is 3.07. The third-order valence-electron chi connectivity index (χ3n) is 3.36. The van der Waals surface area contributed by atoms with Gasteiger partial charge in [-0.1, -0.05) is 23.7 Å². The van der Waals surface area contributed by atoms with Gasteiger partial charge in [0, 0.05) is 16.3 Å². The van der Waals surface area contributed by atoms with Gasteiger partial charge in [0.15, 0.2) is 5.76 Å². The highest BCUT2D eigenvalue weighted by molar-refractivity contribution is 6.30. The largest absolute Gasteiger partial charge is 0.494 e. The Morgan fingerprint density at radius 3 is 2.62 bits per heavy atom. The summed E-state index contributed by atoms with van der Waals surface area (Å²) in [5.74, 6) is 1.28. The highest BCUT2D eigenvalue weighted by Crippen LogP contribution is 2.25. The molecule has 0 saturated carbocycles. The molecule has 122 valence electrons. The molecule has 0 atom stereocenters. The van der Waals surface area contributed by atoms with E-state index < -0.39 is 0 Å². The summed E-state index contributed by atoms with van der Waals surface area (Å²) in [7, 11) is 0. The monoisotopic (exact) mass is 341 g/mol. The number of halogens is 1. The van der Waals surface area contributed by atoms with E-state index in [0.717, 1.165) is 11.3 Å². The minimum absolute atomic E-state index is 0.235. The minimum Gasteiger partial charge on any atom is -0.494 e. The van der Waals surface area contributed by atoms with Crippen molar-refractivity contribution in [3.8, 4) is 17.1 Å². The zero-order valence-electron chi connectivity index (χ0n) is 13.1. The summed E-state index contributed by atoms with van der Waals surface area (Å²) < 4.78 is 11.0. The van der Waals surface area contributed by atoms with Crippen LogP contribution in [0.2, 0.25) is 5.02 Å². The standard InChI is InChI=1S/C19H16ClNO3/c1-2-23-16-8-6-15(7-9-16)21-19(22)18-11-10-17(24-18)13-4-3-5-14(20)12-13/h3-12H,2H2,1H3,(H,21,22). The number of rotatable bonds is 5.